The predicted molar refractivity (Wildman–Crippen MR) is 83.2 cm³/mol. The summed E-state index contributed by atoms with van der Waals surface area (Å²) in [4.78, 5) is 0. The lowest BCUT2D eigenvalue weighted by Crippen LogP contribution is -2.26. The van der Waals surface area contributed by atoms with Crippen LogP contribution in [0.15, 0.2) is 0 Å². The van der Waals surface area contributed by atoms with Crippen molar-refractivity contribution in [3.63, 3.8) is 0 Å². The van der Waals surface area contributed by atoms with Crippen molar-refractivity contribution < 1.29 is 10.2 Å². The topological polar surface area (TPSA) is 40.5 Å². The van der Waals surface area contributed by atoms with Gasteiger partial charge in [-0.3, -0.25) is 0 Å². The maximum absolute atomic E-state index is 10.2. The summed E-state index contributed by atoms with van der Waals surface area (Å²) < 4.78 is 0. The molecule has 2 unspecified atom stereocenters. The molecule has 0 rings (SSSR count). The van der Waals surface area contributed by atoms with Gasteiger partial charge in [-0.2, -0.15) is 0 Å². The maximum atomic E-state index is 10.2. The standard InChI is InChI=1S/C17H36O2/c1-14(2)12-17(6,19)11-9-7-8-10-16(4,5)13-15(3)18/h14-15,18-19H,7-13H2,1-6H3. The third-order valence-electron chi connectivity index (χ3n) is 3.76. The van der Waals surface area contributed by atoms with Gasteiger partial charge in [0.1, 0.15) is 0 Å². The third-order valence-corrected chi connectivity index (χ3v) is 3.76. The Bertz CT molecular complexity index is 205. The molecule has 2 N–H and O–H groups in total. The van der Waals surface area contributed by atoms with Gasteiger partial charge in [-0.1, -0.05) is 47.0 Å². The van der Waals surface area contributed by atoms with Gasteiger partial charge in [0.15, 0.2) is 0 Å². The van der Waals surface area contributed by atoms with E-state index in [2.05, 4.69) is 27.7 Å². The number of rotatable bonds is 10. The van der Waals surface area contributed by atoms with E-state index in [1.165, 1.54) is 12.8 Å². The van der Waals surface area contributed by atoms with Crippen LogP contribution in [-0.4, -0.2) is 21.9 Å². The first-order chi connectivity index (χ1) is 8.54. The quantitative estimate of drug-likeness (QED) is 0.574. The van der Waals surface area contributed by atoms with Crippen LogP contribution in [0.25, 0.3) is 0 Å². The molecule has 2 nitrogen and oxygen atoms in total. The second kappa shape index (κ2) is 8.26. The van der Waals surface area contributed by atoms with Gasteiger partial charge in [0.25, 0.3) is 0 Å². The monoisotopic (exact) mass is 272 g/mol. The molecule has 0 fully saturated rings. The molecule has 116 valence electrons. The highest BCUT2D eigenvalue weighted by molar-refractivity contribution is 4.75. The van der Waals surface area contributed by atoms with Gasteiger partial charge < -0.3 is 10.2 Å². The first-order valence-corrected chi connectivity index (χ1v) is 7.94. The van der Waals surface area contributed by atoms with E-state index in [0.29, 0.717) is 5.92 Å². The van der Waals surface area contributed by atoms with Crippen LogP contribution in [0.3, 0.4) is 0 Å². The molecule has 2 heteroatoms. The number of aliphatic hydroxyl groups excluding tert-OH is 1. The lowest BCUT2D eigenvalue weighted by Gasteiger charge is -2.27. The van der Waals surface area contributed by atoms with E-state index < -0.39 is 5.60 Å². The lowest BCUT2D eigenvalue weighted by molar-refractivity contribution is 0.0272. The summed E-state index contributed by atoms with van der Waals surface area (Å²) in [5.41, 5.74) is -0.266. The summed E-state index contributed by atoms with van der Waals surface area (Å²) in [6.45, 7) is 12.6. The molecule has 0 aliphatic carbocycles. The van der Waals surface area contributed by atoms with Gasteiger partial charge in [0.2, 0.25) is 0 Å². The van der Waals surface area contributed by atoms with Gasteiger partial charge in [-0.25, -0.2) is 0 Å². The summed E-state index contributed by atoms with van der Waals surface area (Å²) in [5, 5.41) is 19.7. The Morgan fingerprint density at radius 1 is 0.842 bits per heavy atom. The fourth-order valence-corrected chi connectivity index (χ4v) is 3.17. The van der Waals surface area contributed by atoms with Crippen LogP contribution >= 0.6 is 0 Å². The van der Waals surface area contributed by atoms with Crippen molar-refractivity contribution >= 4 is 0 Å². The Hall–Kier alpha value is -0.0800. The molecular weight excluding hydrogens is 236 g/mol. The zero-order chi connectivity index (χ0) is 15.1. The van der Waals surface area contributed by atoms with Crippen LogP contribution in [0, 0.1) is 11.3 Å². The van der Waals surface area contributed by atoms with Crippen LogP contribution in [0.1, 0.15) is 86.5 Å². The molecule has 0 spiro atoms. The Morgan fingerprint density at radius 3 is 1.84 bits per heavy atom. The van der Waals surface area contributed by atoms with Gasteiger partial charge in [-0.05, 0) is 50.9 Å². The fourth-order valence-electron chi connectivity index (χ4n) is 3.17. The minimum absolute atomic E-state index is 0.207. The van der Waals surface area contributed by atoms with E-state index in [-0.39, 0.29) is 11.5 Å². The Morgan fingerprint density at radius 2 is 1.37 bits per heavy atom. The molecule has 2 atom stereocenters. The van der Waals surface area contributed by atoms with Crippen LogP contribution in [-0.2, 0) is 0 Å². The molecule has 19 heavy (non-hydrogen) atoms. The SMILES string of the molecule is CC(C)CC(C)(O)CCCCCC(C)(C)CC(C)O. The number of unbranched alkanes of at least 4 members (excludes halogenated alkanes) is 2. The predicted octanol–water partition coefficient (Wildman–Crippen LogP) is 4.53. The van der Waals surface area contributed by atoms with Crippen molar-refractivity contribution in [2.75, 3.05) is 0 Å². The first-order valence-electron chi connectivity index (χ1n) is 7.94. The van der Waals surface area contributed by atoms with Crippen molar-refractivity contribution in [2.24, 2.45) is 11.3 Å². The van der Waals surface area contributed by atoms with E-state index in [9.17, 15) is 10.2 Å². The van der Waals surface area contributed by atoms with Crippen molar-refractivity contribution in [3.05, 3.63) is 0 Å². The molecule has 0 aromatic carbocycles. The number of hydrogen-bond donors (Lipinski definition) is 2. The molecule has 0 aliphatic heterocycles. The van der Waals surface area contributed by atoms with E-state index in [0.717, 1.165) is 32.1 Å². The van der Waals surface area contributed by atoms with Crippen molar-refractivity contribution in [3.8, 4) is 0 Å². The van der Waals surface area contributed by atoms with Crippen LogP contribution < -0.4 is 0 Å². The van der Waals surface area contributed by atoms with Crippen LogP contribution in [0.4, 0.5) is 0 Å². The molecule has 0 heterocycles. The summed E-state index contributed by atoms with van der Waals surface area (Å²) in [6, 6.07) is 0. The molecule has 0 saturated carbocycles. The van der Waals surface area contributed by atoms with E-state index >= 15 is 0 Å². The fraction of sp³-hybridized carbons (Fsp3) is 1.00. The number of aliphatic hydroxyl groups is 2. The molecule has 0 amide bonds. The third kappa shape index (κ3) is 11.4. The van der Waals surface area contributed by atoms with Crippen molar-refractivity contribution in [1.29, 1.82) is 0 Å². The molecule has 0 aliphatic rings. The second-order valence-electron chi connectivity index (χ2n) is 7.87. The zero-order valence-electron chi connectivity index (χ0n) is 14.0. The normalized spacial score (nSPS) is 17.5. The van der Waals surface area contributed by atoms with Crippen molar-refractivity contribution in [2.45, 2.75) is 98.2 Å². The molecule has 0 saturated heterocycles. The maximum Gasteiger partial charge on any atom is 0.0622 e. The molecular formula is C17H36O2. The molecule has 0 bridgehead atoms. The summed E-state index contributed by atoms with van der Waals surface area (Å²) >= 11 is 0. The average molecular weight is 272 g/mol. The van der Waals surface area contributed by atoms with Crippen LogP contribution in [0.2, 0.25) is 0 Å². The van der Waals surface area contributed by atoms with Crippen molar-refractivity contribution in [1.82, 2.24) is 0 Å². The summed E-state index contributed by atoms with van der Waals surface area (Å²) in [5.74, 6) is 0.556. The Balaban J connectivity index is 3.75. The molecule has 0 aromatic heterocycles. The van der Waals surface area contributed by atoms with E-state index in [1.54, 1.807) is 0 Å². The highest BCUT2D eigenvalue weighted by Crippen LogP contribution is 2.30. The van der Waals surface area contributed by atoms with Gasteiger partial charge >= 0.3 is 0 Å². The average Bonchev–Trinajstić information content (AvgIpc) is 2.11. The smallest absolute Gasteiger partial charge is 0.0622 e. The van der Waals surface area contributed by atoms with Crippen LogP contribution in [0.5, 0.6) is 0 Å². The molecule has 0 radical (unpaired) electrons. The summed E-state index contributed by atoms with van der Waals surface area (Å²) in [6.07, 6.45) is 7.09. The first kappa shape index (κ1) is 18.9. The van der Waals surface area contributed by atoms with E-state index in [1.807, 2.05) is 13.8 Å². The highest BCUT2D eigenvalue weighted by atomic mass is 16.3. The van der Waals surface area contributed by atoms with Gasteiger partial charge in [0, 0.05) is 0 Å². The zero-order valence-corrected chi connectivity index (χ0v) is 14.0. The van der Waals surface area contributed by atoms with Gasteiger partial charge in [-0.15, -0.1) is 0 Å². The van der Waals surface area contributed by atoms with Gasteiger partial charge in [0.05, 0.1) is 11.7 Å². The summed E-state index contributed by atoms with van der Waals surface area (Å²) in [7, 11) is 0. The molecule has 0 aromatic rings. The van der Waals surface area contributed by atoms with E-state index in [4.69, 9.17) is 0 Å². The Labute approximate surface area is 120 Å². The minimum Gasteiger partial charge on any atom is -0.393 e. The largest absolute Gasteiger partial charge is 0.393 e. The number of hydrogen-bond acceptors (Lipinski definition) is 2. The highest BCUT2D eigenvalue weighted by Gasteiger charge is 2.22. The minimum atomic E-state index is -0.497. The Kier molecular flexibility index (Phi) is 8.23. The lowest BCUT2D eigenvalue weighted by atomic mass is 9.81. The second-order valence-corrected chi connectivity index (χ2v) is 7.87.